The number of rotatable bonds is 6. The van der Waals surface area contributed by atoms with Gasteiger partial charge in [-0.2, -0.15) is 9.37 Å². The Morgan fingerprint density at radius 1 is 1.12 bits per heavy atom. The standard InChI is InChI=1S/C24H21ClFN5O3/c1-14-28-21(34-13-16-7-5-9-19(26)29-16)20(25)22(32)31(14)17-8-4-6-15(12-17)18-10-11-27-23(30-18)24(2,3)33/h4-12,33H,13H2,1-3H3. The van der Waals surface area contributed by atoms with Gasteiger partial charge in [-0.05, 0) is 51.1 Å². The van der Waals surface area contributed by atoms with Crippen molar-refractivity contribution < 1.29 is 14.2 Å². The molecule has 34 heavy (non-hydrogen) atoms. The summed E-state index contributed by atoms with van der Waals surface area (Å²) in [6.45, 7) is 4.76. The molecule has 174 valence electrons. The molecule has 1 aromatic carbocycles. The summed E-state index contributed by atoms with van der Waals surface area (Å²) in [6.07, 6.45) is 1.57. The number of benzene rings is 1. The van der Waals surface area contributed by atoms with Crippen LogP contribution in [0, 0.1) is 12.9 Å². The van der Waals surface area contributed by atoms with Gasteiger partial charge in [-0.25, -0.2) is 15.0 Å². The Labute approximate surface area is 199 Å². The fourth-order valence-corrected chi connectivity index (χ4v) is 3.46. The van der Waals surface area contributed by atoms with Crippen LogP contribution in [-0.2, 0) is 12.2 Å². The Morgan fingerprint density at radius 3 is 2.62 bits per heavy atom. The van der Waals surface area contributed by atoms with Gasteiger partial charge in [0.25, 0.3) is 5.56 Å². The molecule has 0 spiro atoms. The highest BCUT2D eigenvalue weighted by atomic mass is 35.5. The van der Waals surface area contributed by atoms with E-state index < -0.39 is 17.1 Å². The van der Waals surface area contributed by atoms with Crippen molar-refractivity contribution in [2.45, 2.75) is 33.0 Å². The molecule has 0 radical (unpaired) electrons. The molecule has 0 bridgehead atoms. The summed E-state index contributed by atoms with van der Waals surface area (Å²) in [5, 5.41) is 10.0. The molecule has 4 rings (SSSR count). The van der Waals surface area contributed by atoms with Crippen LogP contribution < -0.4 is 10.3 Å². The number of aryl methyl sites for hydroxylation is 1. The Kier molecular flexibility index (Phi) is 6.41. The molecule has 3 heterocycles. The lowest BCUT2D eigenvalue weighted by Crippen LogP contribution is -2.23. The van der Waals surface area contributed by atoms with E-state index >= 15 is 0 Å². The molecule has 0 atom stereocenters. The van der Waals surface area contributed by atoms with Crippen LogP contribution in [0.5, 0.6) is 5.88 Å². The van der Waals surface area contributed by atoms with Crippen molar-refractivity contribution in [3.05, 3.63) is 93.4 Å². The average molecular weight is 482 g/mol. The topological polar surface area (TPSA) is 103 Å². The molecule has 0 aliphatic rings. The van der Waals surface area contributed by atoms with Crippen molar-refractivity contribution in [2.24, 2.45) is 0 Å². The van der Waals surface area contributed by atoms with Gasteiger partial charge in [0.15, 0.2) is 10.8 Å². The third-order valence-corrected chi connectivity index (χ3v) is 5.22. The number of aliphatic hydroxyl groups is 1. The molecular weight excluding hydrogens is 461 g/mol. The monoisotopic (exact) mass is 481 g/mol. The number of hydrogen-bond donors (Lipinski definition) is 1. The van der Waals surface area contributed by atoms with E-state index in [4.69, 9.17) is 16.3 Å². The summed E-state index contributed by atoms with van der Waals surface area (Å²) in [6, 6.07) is 13.1. The number of pyridine rings is 1. The third-order valence-electron chi connectivity index (χ3n) is 4.90. The van der Waals surface area contributed by atoms with Crippen LogP contribution in [0.3, 0.4) is 0 Å². The maximum absolute atomic E-state index is 13.3. The van der Waals surface area contributed by atoms with Gasteiger partial charge >= 0.3 is 0 Å². The average Bonchev–Trinajstić information content (AvgIpc) is 2.80. The van der Waals surface area contributed by atoms with Crippen LogP contribution in [0.1, 0.15) is 31.2 Å². The second kappa shape index (κ2) is 9.28. The predicted octanol–water partition coefficient (Wildman–Crippen LogP) is 3.99. The van der Waals surface area contributed by atoms with Crippen molar-refractivity contribution in [1.29, 1.82) is 0 Å². The highest BCUT2D eigenvalue weighted by molar-refractivity contribution is 6.31. The van der Waals surface area contributed by atoms with Gasteiger partial charge in [0.2, 0.25) is 11.8 Å². The zero-order valence-electron chi connectivity index (χ0n) is 18.7. The molecule has 0 amide bonds. The van der Waals surface area contributed by atoms with Crippen LogP contribution in [0.15, 0.2) is 59.5 Å². The number of nitrogens with zero attached hydrogens (tertiary/aromatic N) is 5. The van der Waals surface area contributed by atoms with E-state index in [-0.39, 0.29) is 23.3 Å². The van der Waals surface area contributed by atoms with E-state index in [1.807, 2.05) is 6.07 Å². The lowest BCUT2D eigenvalue weighted by atomic mass is 10.1. The fourth-order valence-electron chi connectivity index (χ4n) is 3.27. The maximum atomic E-state index is 13.3. The maximum Gasteiger partial charge on any atom is 0.280 e. The Morgan fingerprint density at radius 2 is 1.88 bits per heavy atom. The highest BCUT2D eigenvalue weighted by Crippen LogP contribution is 2.25. The Balaban J connectivity index is 1.68. The Bertz CT molecular complexity index is 1420. The zero-order valence-corrected chi connectivity index (χ0v) is 19.4. The summed E-state index contributed by atoms with van der Waals surface area (Å²) < 4.78 is 20.2. The quantitative estimate of drug-likeness (QED) is 0.415. The molecule has 0 saturated heterocycles. The normalized spacial score (nSPS) is 11.5. The molecule has 8 nitrogen and oxygen atoms in total. The predicted molar refractivity (Wildman–Crippen MR) is 124 cm³/mol. The van der Waals surface area contributed by atoms with Gasteiger partial charge in [0, 0.05) is 11.8 Å². The van der Waals surface area contributed by atoms with Crippen LogP contribution in [0.2, 0.25) is 5.02 Å². The van der Waals surface area contributed by atoms with Crippen molar-refractivity contribution in [3.63, 3.8) is 0 Å². The third kappa shape index (κ3) is 4.95. The van der Waals surface area contributed by atoms with Gasteiger partial charge in [0.1, 0.15) is 18.0 Å². The molecule has 1 N–H and O–H groups in total. The van der Waals surface area contributed by atoms with Crippen LogP contribution in [0.4, 0.5) is 4.39 Å². The van der Waals surface area contributed by atoms with Crippen molar-refractivity contribution in [3.8, 4) is 22.8 Å². The summed E-state index contributed by atoms with van der Waals surface area (Å²) in [5.74, 6) is -0.0744. The molecule has 0 fully saturated rings. The minimum absolute atomic E-state index is 0.0618. The summed E-state index contributed by atoms with van der Waals surface area (Å²) in [7, 11) is 0. The molecule has 0 aliphatic carbocycles. The van der Waals surface area contributed by atoms with E-state index in [0.717, 1.165) is 0 Å². The first-order valence-electron chi connectivity index (χ1n) is 10.3. The van der Waals surface area contributed by atoms with Gasteiger partial charge in [-0.3, -0.25) is 9.36 Å². The van der Waals surface area contributed by atoms with Crippen molar-refractivity contribution in [2.75, 3.05) is 0 Å². The second-order valence-corrected chi connectivity index (χ2v) is 8.41. The first kappa shape index (κ1) is 23.5. The molecule has 0 aliphatic heterocycles. The van der Waals surface area contributed by atoms with E-state index in [2.05, 4.69) is 19.9 Å². The van der Waals surface area contributed by atoms with Gasteiger partial charge in [0.05, 0.1) is 17.1 Å². The fraction of sp³-hybridized carbons (Fsp3) is 0.208. The lowest BCUT2D eigenvalue weighted by Gasteiger charge is -2.16. The van der Waals surface area contributed by atoms with Crippen LogP contribution in [0.25, 0.3) is 16.9 Å². The van der Waals surface area contributed by atoms with Gasteiger partial charge in [-0.1, -0.05) is 29.8 Å². The molecule has 10 heteroatoms. The minimum Gasteiger partial charge on any atom is -0.470 e. The van der Waals surface area contributed by atoms with Crippen molar-refractivity contribution in [1.82, 2.24) is 24.5 Å². The first-order valence-corrected chi connectivity index (χ1v) is 10.7. The van der Waals surface area contributed by atoms with Gasteiger partial charge in [-0.15, -0.1) is 0 Å². The van der Waals surface area contributed by atoms with E-state index in [1.54, 1.807) is 57.3 Å². The van der Waals surface area contributed by atoms with Crippen molar-refractivity contribution >= 4 is 11.6 Å². The zero-order chi connectivity index (χ0) is 24.5. The minimum atomic E-state index is -1.20. The van der Waals surface area contributed by atoms with Gasteiger partial charge < -0.3 is 9.84 Å². The smallest absolute Gasteiger partial charge is 0.280 e. The number of ether oxygens (including phenoxy) is 1. The number of aromatic nitrogens is 5. The largest absolute Gasteiger partial charge is 0.470 e. The molecular formula is C24H21ClFN5O3. The molecule has 4 aromatic rings. The Hall–Kier alpha value is -3.69. The molecule has 3 aromatic heterocycles. The summed E-state index contributed by atoms with van der Waals surface area (Å²) in [4.78, 5) is 29.7. The van der Waals surface area contributed by atoms with E-state index in [9.17, 15) is 14.3 Å². The number of hydrogen-bond acceptors (Lipinski definition) is 7. The highest BCUT2D eigenvalue weighted by Gasteiger charge is 2.20. The number of halogens is 2. The van der Waals surface area contributed by atoms with E-state index in [1.165, 1.54) is 16.7 Å². The molecule has 0 unspecified atom stereocenters. The lowest BCUT2D eigenvalue weighted by molar-refractivity contribution is 0.0688. The SMILES string of the molecule is Cc1nc(OCc2cccc(F)n2)c(Cl)c(=O)n1-c1cccc(-c2ccnc(C(C)(C)O)n2)c1. The second-order valence-electron chi connectivity index (χ2n) is 8.03. The van der Waals surface area contributed by atoms with E-state index in [0.29, 0.717) is 28.5 Å². The van der Waals surface area contributed by atoms with Crippen LogP contribution in [-0.4, -0.2) is 29.6 Å². The first-order chi connectivity index (χ1) is 16.1. The molecule has 0 saturated carbocycles. The summed E-state index contributed by atoms with van der Waals surface area (Å²) in [5.41, 5.74) is 0.439. The summed E-state index contributed by atoms with van der Waals surface area (Å²) >= 11 is 6.28. The van der Waals surface area contributed by atoms with Crippen LogP contribution >= 0.6 is 11.6 Å².